The maximum absolute atomic E-state index is 12.2. The van der Waals surface area contributed by atoms with E-state index in [0.717, 1.165) is 17.9 Å². The number of ether oxygens (including phenoxy) is 2. The molecule has 0 aliphatic rings. The summed E-state index contributed by atoms with van der Waals surface area (Å²) in [4.78, 5) is 2.67. The van der Waals surface area contributed by atoms with Crippen LogP contribution in [0.3, 0.4) is 0 Å². The van der Waals surface area contributed by atoms with E-state index in [4.69, 9.17) is 9.47 Å². The monoisotopic (exact) mass is 686 g/mol. The summed E-state index contributed by atoms with van der Waals surface area (Å²) in [7, 11) is -5.28. The Kier molecular flexibility index (Phi) is 12.4. The first-order valence-corrected chi connectivity index (χ1v) is 17.5. The minimum absolute atomic E-state index is 0.139. The van der Waals surface area contributed by atoms with Gasteiger partial charge in [0.05, 0.1) is 27.6 Å². The highest BCUT2D eigenvalue weighted by Crippen LogP contribution is 2.36. The Morgan fingerprint density at radius 2 is 1.13 bits per heavy atom. The lowest BCUT2D eigenvalue weighted by atomic mass is 9.87. The molecule has 0 N–H and O–H groups in total. The van der Waals surface area contributed by atoms with E-state index in [1.54, 1.807) is 0 Å². The Morgan fingerprint density at radius 1 is 0.702 bits per heavy atom. The van der Waals surface area contributed by atoms with E-state index in [-0.39, 0.29) is 21.7 Å². The molecular weight excluding hydrogens is 646 g/mol. The standard InChI is InChI=1S/C30H37O2S.C7H5F3O3S/c1-8-31-21-22-32-25-13-19-28(20-14-25)33(26-15-9-23(10-16-26)29(2,3)4)27-17-11-24(12-18-27)30(5,6)7;8-7(9,10)5-3-1-2-4-6(5)14(11,12)13/h8-20H,1,21-22H2,2-7H3;1-4H,(H,11,12,13)/q+1;/p-1. The van der Waals surface area contributed by atoms with Crippen molar-refractivity contribution < 1.29 is 35.6 Å². The molecule has 4 rings (SSSR count). The highest BCUT2D eigenvalue weighted by atomic mass is 32.2. The molecule has 0 saturated heterocycles. The number of halogens is 3. The van der Waals surface area contributed by atoms with E-state index in [0.29, 0.717) is 25.3 Å². The topological polar surface area (TPSA) is 75.7 Å². The maximum Gasteiger partial charge on any atom is 0.417 e. The van der Waals surface area contributed by atoms with E-state index < -0.39 is 26.8 Å². The van der Waals surface area contributed by atoms with Gasteiger partial charge in [0.15, 0.2) is 14.7 Å². The molecule has 0 fully saturated rings. The summed E-state index contributed by atoms with van der Waals surface area (Å²) in [5, 5.41) is 0. The highest BCUT2D eigenvalue weighted by molar-refractivity contribution is 7.97. The van der Waals surface area contributed by atoms with Crippen LogP contribution in [0.15, 0.2) is 129 Å². The zero-order valence-corrected chi connectivity index (χ0v) is 29.1. The van der Waals surface area contributed by atoms with E-state index in [2.05, 4.69) is 121 Å². The summed E-state index contributed by atoms with van der Waals surface area (Å²) in [6, 6.07) is 30.0. The third-order valence-electron chi connectivity index (χ3n) is 7.02. The van der Waals surface area contributed by atoms with Crippen LogP contribution in [0.4, 0.5) is 13.2 Å². The van der Waals surface area contributed by atoms with Gasteiger partial charge in [0.25, 0.3) is 0 Å². The zero-order valence-electron chi connectivity index (χ0n) is 27.4. The average molecular weight is 687 g/mol. The molecule has 4 aromatic carbocycles. The van der Waals surface area contributed by atoms with Crippen molar-refractivity contribution in [3.63, 3.8) is 0 Å². The molecule has 0 radical (unpaired) electrons. The summed E-state index contributed by atoms with van der Waals surface area (Å²) in [5.41, 5.74) is 1.54. The van der Waals surface area contributed by atoms with Gasteiger partial charge in [-0.1, -0.05) is 84.5 Å². The number of benzene rings is 4. The quantitative estimate of drug-likeness (QED) is 0.0759. The smallest absolute Gasteiger partial charge is 0.417 e. The van der Waals surface area contributed by atoms with Gasteiger partial charge in [-0.05, 0) is 82.6 Å². The molecule has 0 unspecified atom stereocenters. The van der Waals surface area contributed by atoms with Gasteiger partial charge in [-0.25, -0.2) is 8.42 Å². The number of rotatable bonds is 9. The largest absolute Gasteiger partial charge is 0.744 e. The van der Waals surface area contributed by atoms with Crippen molar-refractivity contribution in [2.24, 2.45) is 0 Å². The predicted octanol–water partition coefficient (Wildman–Crippen LogP) is 9.53. The summed E-state index contributed by atoms with van der Waals surface area (Å²) in [5.74, 6) is 0.848. The van der Waals surface area contributed by atoms with Crippen molar-refractivity contribution in [2.45, 2.75) is 78.1 Å². The lowest BCUT2D eigenvalue weighted by Gasteiger charge is -2.20. The molecule has 0 spiro atoms. The van der Waals surface area contributed by atoms with Crippen LogP contribution in [-0.4, -0.2) is 26.2 Å². The van der Waals surface area contributed by atoms with Gasteiger partial charge >= 0.3 is 6.18 Å². The first-order chi connectivity index (χ1) is 21.8. The second-order valence-corrected chi connectivity index (χ2v) is 16.0. The number of hydrogen-bond acceptors (Lipinski definition) is 5. The van der Waals surface area contributed by atoms with Gasteiger partial charge in [0.2, 0.25) is 0 Å². The molecular formula is C37H41F3O5S2. The van der Waals surface area contributed by atoms with Gasteiger partial charge in [0.1, 0.15) is 29.1 Å². The fraction of sp³-hybridized carbons (Fsp3) is 0.297. The van der Waals surface area contributed by atoms with E-state index in [1.807, 2.05) is 0 Å². The Labute approximate surface area is 279 Å². The third kappa shape index (κ3) is 10.9. The first kappa shape index (κ1) is 37.7. The first-order valence-electron chi connectivity index (χ1n) is 14.9. The molecule has 0 amide bonds. The fourth-order valence-electron chi connectivity index (χ4n) is 4.47. The minimum atomic E-state index is -5.09. The third-order valence-corrected chi connectivity index (χ3v) is 10.1. The molecule has 5 nitrogen and oxygen atoms in total. The Morgan fingerprint density at radius 3 is 1.49 bits per heavy atom. The molecule has 252 valence electrons. The molecule has 0 aliphatic carbocycles. The second kappa shape index (κ2) is 15.4. The second-order valence-electron chi connectivity index (χ2n) is 12.7. The maximum atomic E-state index is 12.2. The molecule has 10 heteroatoms. The van der Waals surface area contributed by atoms with Gasteiger partial charge in [-0.15, -0.1) is 0 Å². The van der Waals surface area contributed by atoms with Crippen molar-refractivity contribution in [1.82, 2.24) is 0 Å². The van der Waals surface area contributed by atoms with Crippen molar-refractivity contribution in [1.29, 1.82) is 0 Å². The average Bonchev–Trinajstić information content (AvgIpc) is 2.99. The van der Waals surface area contributed by atoms with E-state index in [1.165, 1.54) is 32.1 Å². The van der Waals surface area contributed by atoms with Crippen LogP contribution in [0.2, 0.25) is 0 Å². The van der Waals surface area contributed by atoms with Crippen LogP contribution in [0.25, 0.3) is 0 Å². The number of hydrogen-bond donors (Lipinski definition) is 0. The molecule has 0 aromatic heterocycles. The minimum Gasteiger partial charge on any atom is -0.744 e. The summed E-state index contributed by atoms with van der Waals surface area (Å²) < 4.78 is 78.8. The molecule has 0 aliphatic heterocycles. The highest BCUT2D eigenvalue weighted by Gasteiger charge is 2.34. The molecule has 0 heterocycles. The normalized spacial score (nSPS) is 12.2. The van der Waals surface area contributed by atoms with Crippen LogP contribution >= 0.6 is 0 Å². The van der Waals surface area contributed by atoms with Crippen molar-refractivity contribution in [3.8, 4) is 5.75 Å². The SMILES string of the molecule is C=COCCOc1ccc([S+](c2ccc(C(C)(C)C)cc2)c2ccc(C(C)(C)C)cc2)cc1.O=S(=O)([O-])c1ccccc1C(F)(F)F. The van der Waals surface area contributed by atoms with E-state index in [9.17, 15) is 26.1 Å². The number of alkyl halides is 3. The summed E-state index contributed by atoms with van der Waals surface area (Å²) in [6.45, 7) is 18.1. The lowest BCUT2D eigenvalue weighted by molar-refractivity contribution is -0.140. The van der Waals surface area contributed by atoms with Crippen LogP contribution in [-0.2, 0) is 42.8 Å². The molecule has 4 aromatic rings. The molecule has 47 heavy (non-hydrogen) atoms. The van der Waals surface area contributed by atoms with Crippen LogP contribution in [0, 0.1) is 0 Å². The predicted molar refractivity (Wildman–Crippen MR) is 180 cm³/mol. The molecule has 0 saturated carbocycles. The van der Waals surface area contributed by atoms with Gasteiger partial charge in [0, 0.05) is 0 Å². The molecule has 0 bridgehead atoms. The summed E-state index contributed by atoms with van der Waals surface area (Å²) >= 11 is 0. The van der Waals surface area contributed by atoms with Crippen molar-refractivity contribution >= 4 is 21.0 Å². The summed E-state index contributed by atoms with van der Waals surface area (Å²) in [6.07, 6.45) is -3.40. The van der Waals surface area contributed by atoms with Crippen molar-refractivity contribution in [3.05, 3.63) is 127 Å². The van der Waals surface area contributed by atoms with Crippen LogP contribution in [0.5, 0.6) is 5.75 Å². The zero-order chi connectivity index (χ0) is 35.0. The molecule has 0 atom stereocenters. The lowest BCUT2D eigenvalue weighted by Crippen LogP contribution is -2.13. The van der Waals surface area contributed by atoms with Crippen molar-refractivity contribution in [2.75, 3.05) is 13.2 Å². The van der Waals surface area contributed by atoms with Crippen LogP contribution in [0.1, 0.15) is 58.2 Å². The van der Waals surface area contributed by atoms with Gasteiger partial charge in [-0.2, -0.15) is 13.2 Å². The van der Waals surface area contributed by atoms with Gasteiger partial charge < -0.3 is 14.0 Å². The fourth-order valence-corrected chi connectivity index (χ4v) is 7.21. The van der Waals surface area contributed by atoms with E-state index >= 15 is 0 Å². The van der Waals surface area contributed by atoms with Gasteiger partial charge in [-0.3, -0.25) is 0 Å². The Bertz CT molecular complexity index is 1650. The Hall–Kier alpha value is -3.73. The Balaban J connectivity index is 0.000000358. The van der Waals surface area contributed by atoms with Crippen LogP contribution < -0.4 is 4.74 Å².